The van der Waals surface area contributed by atoms with Crippen LogP contribution in [0.3, 0.4) is 0 Å². The molecule has 1 amide bonds. The molecule has 1 aliphatic rings. The van der Waals surface area contributed by atoms with Gasteiger partial charge in [-0.25, -0.2) is 0 Å². The van der Waals surface area contributed by atoms with Crippen LogP contribution in [0.2, 0.25) is 5.02 Å². The van der Waals surface area contributed by atoms with Gasteiger partial charge in [-0.15, -0.1) is 0 Å². The van der Waals surface area contributed by atoms with Crippen molar-refractivity contribution < 1.29 is 9.72 Å². The van der Waals surface area contributed by atoms with Crippen LogP contribution in [0.1, 0.15) is 6.42 Å². The first kappa shape index (κ1) is 12.2. The molecule has 5 nitrogen and oxygen atoms in total. The van der Waals surface area contributed by atoms with Crippen molar-refractivity contribution in [2.45, 2.75) is 11.7 Å². The van der Waals surface area contributed by atoms with Crippen LogP contribution in [0.4, 0.5) is 11.4 Å². The summed E-state index contributed by atoms with van der Waals surface area (Å²) in [5, 5.41) is 10.7. The number of non-ortho nitro benzene ring substituents is 1. The Morgan fingerprint density at radius 1 is 1.53 bits per heavy atom. The number of rotatable bonds is 2. The molecule has 0 aromatic heterocycles. The largest absolute Gasteiger partial charge is 0.310 e. The van der Waals surface area contributed by atoms with E-state index in [1.165, 1.54) is 23.1 Å². The molecule has 7 heteroatoms. The monoisotopic (exact) mass is 272 g/mol. The number of halogens is 1. The molecule has 0 bridgehead atoms. The number of nitro groups is 1. The summed E-state index contributed by atoms with van der Waals surface area (Å²) in [5.41, 5.74) is 0.409. The number of carbonyl (C=O) groups is 1. The lowest BCUT2D eigenvalue weighted by molar-refractivity contribution is -0.384. The first-order valence-corrected chi connectivity index (χ1v) is 5.81. The minimum absolute atomic E-state index is 0.0197. The average Bonchev–Trinajstić information content (AvgIpc) is 2.57. The van der Waals surface area contributed by atoms with Crippen LogP contribution in [-0.4, -0.2) is 22.6 Å². The summed E-state index contributed by atoms with van der Waals surface area (Å²) < 4.78 is 0. The number of carbonyl (C=O) groups excluding carboxylic acids is 1. The molecule has 2 rings (SSSR count). The van der Waals surface area contributed by atoms with E-state index in [-0.39, 0.29) is 21.9 Å². The van der Waals surface area contributed by atoms with E-state index < -0.39 is 4.92 Å². The van der Waals surface area contributed by atoms with Crippen LogP contribution in [0.5, 0.6) is 0 Å². The fourth-order valence-corrected chi connectivity index (χ4v) is 2.35. The Balaban J connectivity index is 2.34. The number of amides is 1. The summed E-state index contributed by atoms with van der Waals surface area (Å²) in [5.74, 6) is -0.0687. The van der Waals surface area contributed by atoms with Gasteiger partial charge in [0.15, 0.2) is 0 Å². The van der Waals surface area contributed by atoms with Gasteiger partial charge in [-0.1, -0.05) is 11.6 Å². The molecule has 17 heavy (non-hydrogen) atoms. The first-order valence-electron chi connectivity index (χ1n) is 4.91. The van der Waals surface area contributed by atoms with Crippen molar-refractivity contribution >= 4 is 41.5 Å². The molecule has 1 fully saturated rings. The second-order valence-corrected chi connectivity index (χ2v) is 4.89. The molecule has 1 unspecified atom stereocenters. The summed E-state index contributed by atoms with van der Waals surface area (Å²) in [4.78, 5) is 23.2. The smallest absolute Gasteiger partial charge is 0.271 e. The maximum atomic E-state index is 11.6. The lowest BCUT2D eigenvalue weighted by Crippen LogP contribution is -2.24. The molecule has 90 valence electrons. The Morgan fingerprint density at radius 2 is 2.24 bits per heavy atom. The molecule has 0 N–H and O–H groups in total. The average molecular weight is 273 g/mol. The minimum atomic E-state index is -0.525. The van der Waals surface area contributed by atoms with Crippen molar-refractivity contribution in [1.82, 2.24) is 0 Å². The van der Waals surface area contributed by atoms with Gasteiger partial charge in [0.2, 0.25) is 5.91 Å². The van der Waals surface area contributed by atoms with Crippen molar-refractivity contribution in [3.63, 3.8) is 0 Å². The molecule has 1 heterocycles. The van der Waals surface area contributed by atoms with E-state index in [0.717, 1.165) is 0 Å². The Kier molecular flexibility index (Phi) is 3.26. The van der Waals surface area contributed by atoms with Gasteiger partial charge >= 0.3 is 0 Å². The second-order valence-electron chi connectivity index (χ2n) is 3.76. The normalized spacial score (nSPS) is 19.8. The van der Waals surface area contributed by atoms with Gasteiger partial charge in [0.05, 0.1) is 15.6 Å². The number of benzene rings is 1. The molecule has 1 aromatic rings. The SMILES string of the molecule is O=C1CC(S)CN1c1ccc([N+](=O)[O-])cc1Cl. The Labute approximate surface area is 108 Å². The van der Waals surface area contributed by atoms with E-state index in [4.69, 9.17) is 11.6 Å². The third-order valence-corrected chi connectivity index (χ3v) is 3.19. The van der Waals surface area contributed by atoms with Crippen molar-refractivity contribution in [2.24, 2.45) is 0 Å². The molecule has 1 aliphatic heterocycles. The van der Waals surface area contributed by atoms with E-state index in [9.17, 15) is 14.9 Å². The van der Waals surface area contributed by atoms with E-state index in [1.54, 1.807) is 0 Å². The number of hydrogen-bond acceptors (Lipinski definition) is 4. The quantitative estimate of drug-likeness (QED) is 0.510. The molecule has 0 aliphatic carbocycles. The summed E-state index contributed by atoms with van der Waals surface area (Å²) in [6.45, 7) is 0.472. The standard InChI is InChI=1S/C10H9ClN2O3S/c11-8-3-6(13(15)16)1-2-9(8)12-5-7(17)4-10(12)14/h1-3,7,17H,4-5H2. The Hall–Kier alpha value is -1.27. The van der Waals surface area contributed by atoms with Gasteiger partial charge in [-0.3, -0.25) is 14.9 Å². The number of nitro benzene ring substituents is 1. The van der Waals surface area contributed by atoms with E-state index in [0.29, 0.717) is 18.7 Å². The fourth-order valence-electron chi connectivity index (χ4n) is 1.75. The van der Waals surface area contributed by atoms with Crippen LogP contribution in [0.15, 0.2) is 18.2 Å². The van der Waals surface area contributed by atoms with Crippen molar-refractivity contribution in [3.8, 4) is 0 Å². The van der Waals surface area contributed by atoms with Gasteiger partial charge in [-0.2, -0.15) is 12.6 Å². The molecule has 1 aromatic carbocycles. The first-order chi connectivity index (χ1) is 7.99. The van der Waals surface area contributed by atoms with Crippen molar-refractivity contribution in [3.05, 3.63) is 33.3 Å². The summed E-state index contributed by atoms with van der Waals surface area (Å²) in [7, 11) is 0. The highest BCUT2D eigenvalue weighted by atomic mass is 35.5. The van der Waals surface area contributed by atoms with Crippen LogP contribution >= 0.6 is 24.2 Å². The van der Waals surface area contributed by atoms with Crippen molar-refractivity contribution in [1.29, 1.82) is 0 Å². The van der Waals surface area contributed by atoms with Gasteiger partial charge in [-0.05, 0) is 6.07 Å². The number of hydrogen-bond donors (Lipinski definition) is 1. The zero-order valence-corrected chi connectivity index (χ0v) is 10.3. The number of nitrogens with zero attached hydrogens (tertiary/aromatic N) is 2. The van der Waals surface area contributed by atoms with E-state index in [1.807, 2.05) is 0 Å². The molecule has 0 saturated carbocycles. The predicted octanol–water partition coefficient (Wildman–Crippen LogP) is 2.28. The summed E-state index contributed by atoms with van der Waals surface area (Å²) in [6, 6.07) is 4.07. The Bertz CT molecular complexity index is 494. The third-order valence-electron chi connectivity index (χ3n) is 2.54. The molecule has 1 saturated heterocycles. The maximum absolute atomic E-state index is 11.6. The number of anilines is 1. The molecule has 0 radical (unpaired) electrons. The lowest BCUT2D eigenvalue weighted by Gasteiger charge is -2.17. The van der Waals surface area contributed by atoms with Gasteiger partial charge in [0, 0.05) is 30.3 Å². The highest BCUT2D eigenvalue weighted by Gasteiger charge is 2.30. The van der Waals surface area contributed by atoms with Gasteiger partial charge < -0.3 is 4.90 Å². The van der Waals surface area contributed by atoms with Gasteiger partial charge in [0.25, 0.3) is 5.69 Å². The molecule has 1 atom stereocenters. The Morgan fingerprint density at radius 3 is 2.71 bits per heavy atom. The van der Waals surface area contributed by atoms with Crippen molar-refractivity contribution in [2.75, 3.05) is 11.4 Å². The predicted molar refractivity (Wildman–Crippen MR) is 67.9 cm³/mol. The summed E-state index contributed by atoms with van der Waals surface area (Å²) in [6.07, 6.45) is 0.358. The third kappa shape index (κ3) is 2.37. The van der Waals surface area contributed by atoms with Gasteiger partial charge in [0.1, 0.15) is 0 Å². The molecular weight excluding hydrogens is 264 g/mol. The lowest BCUT2D eigenvalue weighted by atomic mass is 10.2. The van der Waals surface area contributed by atoms with Crippen LogP contribution in [-0.2, 0) is 4.79 Å². The topological polar surface area (TPSA) is 63.5 Å². The second kappa shape index (κ2) is 4.54. The highest BCUT2D eigenvalue weighted by Crippen LogP contribution is 2.33. The van der Waals surface area contributed by atoms with Crippen LogP contribution in [0, 0.1) is 10.1 Å². The van der Waals surface area contributed by atoms with Crippen LogP contribution < -0.4 is 4.90 Å². The zero-order chi connectivity index (χ0) is 12.6. The maximum Gasteiger partial charge on any atom is 0.271 e. The van der Waals surface area contributed by atoms with E-state index in [2.05, 4.69) is 12.6 Å². The minimum Gasteiger partial charge on any atom is -0.310 e. The van der Waals surface area contributed by atoms with E-state index >= 15 is 0 Å². The molecule has 0 spiro atoms. The highest BCUT2D eigenvalue weighted by molar-refractivity contribution is 7.81. The zero-order valence-electron chi connectivity index (χ0n) is 8.67. The number of thiol groups is 1. The fraction of sp³-hybridized carbons (Fsp3) is 0.300. The molecular formula is C10H9ClN2O3S. The van der Waals surface area contributed by atoms with Crippen LogP contribution in [0.25, 0.3) is 0 Å². The summed E-state index contributed by atoms with van der Waals surface area (Å²) >= 11 is 10.2.